The summed E-state index contributed by atoms with van der Waals surface area (Å²) >= 11 is 7.57. The molecule has 0 bridgehead atoms. The number of halogens is 2. The zero-order valence-corrected chi connectivity index (χ0v) is 17.8. The van der Waals surface area contributed by atoms with Crippen LogP contribution in [-0.4, -0.2) is 36.2 Å². The number of hydrogen-bond acceptors (Lipinski definition) is 5. The van der Waals surface area contributed by atoms with Crippen LogP contribution in [0, 0.1) is 5.82 Å². The molecule has 1 fully saturated rings. The molecule has 5 nitrogen and oxygen atoms in total. The van der Waals surface area contributed by atoms with Crippen LogP contribution in [-0.2, 0) is 4.79 Å². The third-order valence-electron chi connectivity index (χ3n) is 4.09. The predicted octanol–water partition coefficient (Wildman–Crippen LogP) is 5.51. The second kappa shape index (κ2) is 9.33. The van der Waals surface area contributed by atoms with Crippen LogP contribution in [0.3, 0.4) is 0 Å². The number of likely N-dealkylation sites (N-methyl/N-ethyl adjacent to an activating group) is 1. The molecule has 2 aromatic carbocycles. The van der Waals surface area contributed by atoms with E-state index in [1.54, 1.807) is 35.2 Å². The van der Waals surface area contributed by atoms with E-state index in [0.29, 0.717) is 51.0 Å². The molecule has 0 N–H and O–H groups in total. The van der Waals surface area contributed by atoms with E-state index in [4.69, 9.17) is 21.1 Å². The van der Waals surface area contributed by atoms with Gasteiger partial charge in [-0.3, -0.25) is 9.69 Å². The number of thioether (sulfide) groups is 1. The molecule has 0 aromatic heterocycles. The molecule has 152 valence electrons. The monoisotopic (exact) mass is 434 g/mol. The third-order valence-corrected chi connectivity index (χ3v) is 5.38. The highest BCUT2D eigenvalue weighted by Crippen LogP contribution is 2.39. The first-order valence-corrected chi connectivity index (χ1v) is 10.2. The average molecular weight is 435 g/mol. The van der Waals surface area contributed by atoms with Crippen LogP contribution in [0.15, 0.2) is 46.3 Å². The molecule has 1 saturated heterocycles. The standard InChI is InChI=1S/C21H20ClFN2O3S/c1-4-25-20(26)18(29-21(25)24-15-8-6-14(23)7-9-15)12-13-10-16(22)19(27-3)17(11-13)28-5-2/h6-12H,4-5H2,1-3H3/b18-12+,24-21?. The van der Waals surface area contributed by atoms with Gasteiger partial charge >= 0.3 is 0 Å². The van der Waals surface area contributed by atoms with Crippen molar-refractivity contribution in [2.24, 2.45) is 4.99 Å². The van der Waals surface area contributed by atoms with Crippen molar-refractivity contribution in [3.8, 4) is 11.5 Å². The summed E-state index contributed by atoms with van der Waals surface area (Å²) in [5.74, 6) is 0.481. The van der Waals surface area contributed by atoms with Gasteiger partial charge in [-0.25, -0.2) is 9.38 Å². The fourth-order valence-electron chi connectivity index (χ4n) is 2.78. The number of aliphatic imine (C=N–C) groups is 1. The summed E-state index contributed by atoms with van der Waals surface area (Å²) in [6.45, 7) is 4.67. The highest BCUT2D eigenvalue weighted by molar-refractivity contribution is 8.18. The van der Waals surface area contributed by atoms with Gasteiger partial charge in [-0.2, -0.15) is 0 Å². The van der Waals surface area contributed by atoms with Crippen molar-refractivity contribution >= 4 is 46.2 Å². The van der Waals surface area contributed by atoms with Gasteiger partial charge < -0.3 is 9.47 Å². The van der Waals surface area contributed by atoms with E-state index in [0.717, 1.165) is 0 Å². The van der Waals surface area contributed by atoms with Gasteiger partial charge in [0.05, 0.1) is 29.3 Å². The number of carbonyl (C=O) groups is 1. The van der Waals surface area contributed by atoms with Gasteiger partial charge in [-0.15, -0.1) is 0 Å². The molecule has 0 atom stereocenters. The SMILES string of the molecule is CCOc1cc(/C=C2/SC(=Nc3ccc(F)cc3)N(CC)C2=O)cc(Cl)c1OC. The molecule has 1 heterocycles. The minimum Gasteiger partial charge on any atom is -0.491 e. The fourth-order valence-corrected chi connectivity index (χ4v) is 4.14. The highest BCUT2D eigenvalue weighted by atomic mass is 35.5. The van der Waals surface area contributed by atoms with E-state index in [1.165, 1.54) is 31.0 Å². The lowest BCUT2D eigenvalue weighted by Gasteiger charge is -2.12. The first kappa shape index (κ1) is 21.2. The van der Waals surface area contributed by atoms with Crippen molar-refractivity contribution in [3.63, 3.8) is 0 Å². The van der Waals surface area contributed by atoms with Crippen LogP contribution in [0.4, 0.5) is 10.1 Å². The van der Waals surface area contributed by atoms with Crippen LogP contribution in [0.2, 0.25) is 5.02 Å². The molecule has 0 saturated carbocycles. The number of benzene rings is 2. The van der Waals surface area contributed by atoms with Crippen LogP contribution in [0.5, 0.6) is 11.5 Å². The molecule has 0 spiro atoms. The summed E-state index contributed by atoms with van der Waals surface area (Å²) in [5.41, 5.74) is 1.29. The number of ether oxygens (including phenoxy) is 2. The van der Waals surface area contributed by atoms with Gasteiger partial charge in [0.15, 0.2) is 16.7 Å². The normalized spacial score (nSPS) is 16.7. The number of amidine groups is 1. The molecular weight excluding hydrogens is 415 g/mol. The first-order valence-electron chi connectivity index (χ1n) is 9.02. The maximum absolute atomic E-state index is 13.1. The lowest BCUT2D eigenvalue weighted by atomic mass is 10.1. The van der Waals surface area contributed by atoms with Crippen molar-refractivity contribution < 1.29 is 18.7 Å². The van der Waals surface area contributed by atoms with Gasteiger partial charge in [0.2, 0.25) is 0 Å². The summed E-state index contributed by atoms with van der Waals surface area (Å²) < 4.78 is 24.0. The lowest BCUT2D eigenvalue weighted by Crippen LogP contribution is -2.28. The number of methoxy groups -OCH3 is 1. The smallest absolute Gasteiger partial charge is 0.266 e. The van der Waals surface area contributed by atoms with E-state index in [1.807, 2.05) is 13.8 Å². The topological polar surface area (TPSA) is 51.1 Å². The van der Waals surface area contributed by atoms with Crippen LogP contribution in [0.1, 0.15) is 19.4 Å². The molecule has 2 aromatic rings. The van der Waals surface area contributed by atoms with Gasteiger partial charge in [-0.1, -0.05) is 11.6 Å². The Labute approximate surface area is 178 Å². The van der Waals surface area contributed by atoms with Crippen molar-refractivity contribution in [3.05, 3.63) is 57.7 Å². The minimum atomic E-state index is -0.335. The number of hydrogen-bond donors (Lipinski definition) is 0. The van der Waals surface area contributed by atoms with Crippen molar-refractivity contribution in [1.29, 1.82) is 0 Å². The van der Waals surface area contributed by atoms with E-state index < -0.39 is 0 Å². The summed E-state index contributed by atoms with van der Waals surface area (Å²) in [4.78, 5) is 19.4. The molecule has 3 rings (SSSR count). The predicted molar refractivity (Wildman–Crippen MR) is 116 cm³/mol. The first-order chi connectivity index (χ1) is 14.0. The quantitative estimate of drug-likeness (QED) is 0.562. The maximum Gasteiger partial charge on any atom is 0.266 e. The Morgan fingerprint density at radius 1 is 1.24 bits per heavy atom. The summed E-state index contributed by atoms with van der Waals surface area (Å²) in [6, 6.07) is 9.31. The van der Waals surface area contributed by atoms with Crippen LogP contribution < -0.4 is 9.47 Å². The Balaban J connectivity index is 1.95. The second-order valence-corrected chi connectivity index (χ2v) is 7.41. The second-order valence-electron chi connectivity index (χ2n) is 6.00. The Morgan fingerprint density at radius 3 is 2.59 bits per heavy atom. The molecule has 29 heavy (non-hydrogen) atoms. The molecule has 0 aliphatic carbocycles. The summed E-state index contributed by atoms with van der Waals surface area (Å²) in [6.07, 6.45) is 1.75. The zero-order valence-electron chi connectivity index (χ0n) is 16.2. The largest absolute Gasteiger partial charge is 0.491 e. The Kier molecular flexibility index (Phi) is 6.82. The number of nitrogens with zero attached hydrogens (tertiary/aromatic N) is 2. The Hall–Kier alpha value is -2.51. The van der Waals surface area contributed by atoms with Crippen LogP contribution in [0.25, 0.3) is 6.08 Å². The van der Waals surface area contributed by atoms with Gasteiger partial charge in [0.1, 0.15) is 5.82 Å². The van der Waals surface area contributed by atoms with E-state index >= 15 is 0 Å². The summed E-state index contributed by atoms with van der Waals surface area (Å²) in [5, 5.41) is 0.938. The van der Waals surface area contributed by atoms with E-state index in [9.17, 15) is 9.18 Å². The summed E-state index contributed by atoms with van der Waals surface area (Å²) in [7, 11) is 1.52. The van der Waals surface area contributed by atoms with E-state index in [2.05, 4.69) is 4.99 Å². The van der Waals surface area contributed by atoms with Crippen molar-refractivity contribution in [2.45, 2.75) is 13.8 Å². The molecule has 0 radical (unpaired) electrons. The molecule has 1 amide bonds. The zero-order chi connectivity index (χ0) is 21.0. The number of carbonyl (C=O) groups excluding carboxylic acids is 1. The fraction of sp³-hybridized carbons (Fsp3) is 0.238. The number of rotatable bonds is 6. The molecule has 0 unspecified atom stereocenters. The Bertz CT molecular complexity index is 977. The Morgan fingerprint density at radius 2 is 1.97 bits per heavy atom. The van der Waals surface area contributed by atoms with Gasteiger partial charge in [-0.05, 0) is 73.6 Å². The van der Waals surface area contributed by atoms with Crippen molar-refractivity contribution in [1.82, 2.24) is 4.90 Å². The minimum absolute atomic E-state index is 0.150. The molecule has 1 aliphatic rings. The lowest BCUT2D eigenvalue weighted by molar-refractivity contribution is -0.122. The van der Waals surface area contributed by atoms with Crippen LogP contribution >= 0.6 is 23.4 Å². The van der Waals surface area contributed by atoms with Gasteiger partial charge in [0.25, 0.3) is 5.91 Å². The molecule has 8 heteroatoms. The molecular formula is C21H20ClFN2O3S. The highest BCUT2D eigenvalue weighted by Gasteiger charge is 2.32. The average Bonchev–Trinajstić information content (AvgIpc) is 2.98. The number of amides is 1. The van der Waals surface area contributed by atoms with E-state index in [-0.39, 0.29) is 11.7 Å². The molecule has 1 aliphatic heterocycles. The van der Waals surface area contributed by atoms with Crippen molar-refractivity contribution in [2.75, 3.05) is 20.3 Å². The maximum atomic E-state index is 13.1. The van der Waals surface area contributed by atoms with Gasteiger partial charge in [0, 0.05) is 6.54 Å². The third kappa shape index (κ3) is 4.74.